The van der Waals surface area contributed by atoms with Gasteiger partial charge in [-0.3, -0.25) is 0 Å². The molecule has 12 rings (SSSR count). The minimum atomic E-state index is -0.113. The molecule has 9 aromatic rings. The van der Waals surface area contributed by atoms with Gasteiger partial charge in [-0.25, -0.2) is 0 Å². The maximum Gasteiger partial charge on any atom is 0.154 e. The Hall–Kier alpha value is -7.36. The molecule has 0 saturated carbocycles. The molecule has 0 amide bonds. The van der Waals surface area contributed by atoms with Gasteiger partial charge in [0.05, 0.1) is 5.70 Å². The van der Waals surface area contributed by atoms with E-state index in [1.807, 2.05) is 0 Å². The fourth-order valence-corrected chi connectivity index (χ4v) is 11.2. The lowest BCUT2D eigenvalue weighted by molar-refractivity contribution is 0.565. The molecule has 64 heavy (non-hydrogen) atoms. The van der Waals surface area contributed by atoms with Crippen molar-refractivity contribution >= 4 is 45.5 Å². The lowest BCUT2D eigenvalue weighted by Crippen LogP contribution is -2.33. The highest BCUT2D eigenvalue weighted by Crippen LogP contribution is 2.53. The zero-order chi connectivity index (χ0) is 43.3. The second kappa shape index (κ2) is 14.3. The van der Waals surface area contributed by atoms with E-state index in [0.29, 0.717) is 0 Å². The zero-order valence-corrected chi connectivity index (χ0v) is 37.1. The van der Waals surface area contributed by atoms with Gasteiger partial charge in [-0.15, -0.1) is 0 Å². The van der Waals surface area contributed by atoms with Crippen LogP contribution in [0.2, 0.25) is 0 Å². The van der Waals surface area contributed by atoms with Gasteiger partial charge in [-0.1, -0.05) is 161 Å². The summed E-state index contributed by atoms with van der Waals surface area (Å²) in [7, 11) is 2.19. The van der Waals surface area contributed by atoms with Crippen molar-refractivity contribution < 1.29 is 4.42 Å². The molecule has 310 valence electrons. The Morgan fingerprint density at radius 3 is 1.66 bits per heavy atom. The first-order valence-electron chi connectivity index (χ1n) is 22.7. The van der Waals surface area contributed by atoms with Gasteiger partial charge in [0.25, 0.3) is 0 Å². The summed E-state index contributed by atoms with van der Waals surface area (Å²) in [6.07, 6.45) is 4.23. The van der Waals surface area contributed by atoms with Crippen molar-refractivity contribution in [3.8, 4) is 44.5 Å². The van der Waals surface area contributed by atoms with Crippen molar-refractivity contribution in [2.45, 2.75) is 51.4 Å². The van der Waals surface area contributed by atoms with E-state index in [-0.39, 0.29) is 10.8 Å². The molecule has 0 atom stereocenters. The van der Waals surface area contributed by atoms with E-state index >= 15 is 0 Å². The molecule has 0 aliphatic heterocycles. The zero-order valence-electron chi connectivity index (χ0n) is 37.1. The van der Waals surface area contributed by atoms with Crippen LogP contribution >= 0.6 is 0 Å². The third kappa shape index (κ3) is 5.80. The topological polar surface area (TPSA) is 19.6 Å². The van der Waals surface area contributed by atoms with E-state index in [9.17, 15) is 0 Å². The largest absolute Gasteiger partial charge is 0.454 e. The van der Waals surface area contributed by atoms with Crippen molar-refractivity contribution in [1.82, 2.24) is 0 Å². The minimum absolute atomic E-state index is 0.113. The lowest BCUT2D eigenvalue weighted by Gasteiger charge is -2.30. The van der Waals surface area contributed by atoms with Gasteiger partial charge in [-0.2, -0.15) is 0 Å². The van der Waals surface area contributed by atoms with Gasteiger partial charge < -0.3 is 14.2 Å². The number of anilines is 4. The predicted molar refractivity (Wildman–Crippen MR) is 268 cm³/mol. The number of para-hydroxylation sites is 1. The molecule has 0 radical (unpaired) electrons. The number of benzene rings is 8. The Labute approximate surface area is 375 Å². The van der Waals surface area contributed by atoms with E-state index in [1.165, 1.54) is 83.1 Å². The molecule has 0 fully saturated rings. The average Bonchev–Trinajstić information content (AvgIpc) is 3.91. The maximum absolute atomic E-state index is 6.56. The molecule has 0 saturated heterocycles. The van der Waals surface area contributed by atoms with Crippen LogP contribution in [0.4, 0.5) is 22.7 Å². The molecule has 0 N–H and O–H groups in total. The second-order valence-corrected chi connectivity index (χ2v) is 18.9. The number of fused-ring (bicyclic) bond motifs is 9. The van der Waals surface area contributed by atoms with Gasteiger partial charge in [0, 0.05) is 56.8 Å². The quantitative estimate of drug-likeness (QED) is 0.160. The van der Waals surface area contributed by atoms with E-state index in [4.69, 9.17) is 4.42 Å². The third-order valence-electron chi connectivity index (χ3n) is 14.6. The third-order valence-corrected chi connectivity index (χ3v) is 14.6. The summed E-state index contributed by atoms with van der Waals surface area (Å²) in [6, 6.07) is 67.3. The summed E-state index contributed by atoms with van der Waals surface area (Å²) in [6.45, 7) is 9.46. The van der Waals surface area contributed by atoms with Gasteiger partial charge >= 0.3 is 0 Å². The van der Waals surface area contributed by atoms with Crippen LogP contribution in [0.5, 0.6) is 0 Å². The first kappa shape index (κ1) is 38.3. The van der Waals surface area contributed by atoms with E-state index in [2.05, 4.69) is 233 Å². The Bertz CT molecular complexity index is 3350. The molecular formula is C61H50N2O. The first-order chi connectivity index (χ1) is 31.2. The van der Waals surface area contributed by atoms with Crippen molar-refractivity contribution in [2.24, 2.45) is 0 Å². The van der Waals surface area contributed by atoms with Crippen molar-refractivity contribution in [2.75, 3.05) is 16.8 Å². The molecule has 0 bridgehead atoms. The predicted octanol–water partition coefficient (Wildman–Crippen LogP) is 14.7. The number of rotatable bonds is 7. The highest BCUT2D eigenvalue weighted by Gasteiger charge is 2.37. The van der Waals surface area contributed by atoms with Crippen LogP contribution in [0.1, 0.15) is 62.8 Å². The molecule has 1 aromatic heterocycles. The minimum Gasteiger partial charge on any atom is -0.454 e. The number of nitrogens with zero attached hydrogens (tertiary/aromatic N) is 2. The van der Waals surface area contributed by atoms with Crippen molar-refractivity contribution in [3.05, 3.63) is 215 Å². The summed E-state index contributed by atoms with van der Waals surface area (Å²) < 4.78 is 6.56. The highest BCUT2D eigenvalue weighted by atomic mass is 16.3. The van der Waals surface area contributed by atoms with Gasteiger partial charge in [0.2, 0.25) is 0 Å². The normalized spacial score (nSPS) is 14.9. The molecule has 8 aromatic carbocycles. The SMILES string of the molecule is CN(C1=c2oc3ccccc3c2=CCC1)c1ccc(-c2ccc(N(c3ccc4c(c3)C(C)(C)c3ccccc3-4)c3ccc4c(c3)C(C)(C)c3ccccc3-4)cc2)cc1-c1ccccc1. The molecule has 1 heterocycles. The van der Waals surface area contributed by atoms with Crippen LogP contribution in [0.25, 0.3) is 67.2 Å². The van der Waals surface area contributed by atoms with Crippen LogP contribution in [0.15, 0.2) is 186 Å². The van der Waals surface area contributed by atoms with Crippen LogP contribution in [0.3, 0.4) is 0 Å². The fraction of sp³-hybridized carbons (Fsp3) is 0.148. The molecule has 0 unspecified atom stereocenters. The highest BCUT2D eigenvalue weighted by molar-refractivity contribution is 5.91. The molecule has 3 aliphatic carbocycles. The average molecular weight is 827 g/mol. The summed E-state index contributed by atoms with van der Waals surface area (Å²) in [4.78, 5) is 4.81. The van der Waals surface area contributed by atoms with Gasteiger partial charge in [0.15, 0.2) is 5.42 Å². The maximum atomic E-state index is 6.56. The molecule has 3 nitrogen and oxygen atoms in total. The standard InChI is InChI=1S/C61H50N2O/c1-60(2)52-22-12-9-18-45(52)47-33-31-43(37-54(47)60)63(44-32-34-48-46-19-10-13-23-53(46)61(3,4)55(48)38-44)42-29-26-39(27-30-42)41-28-35-56(51(36-41)40-16-7-6-8-17-40)62(5)57-24-15-21-50-49-20-11-14-25-58(49)64-59(50)57/h6-14,16-23,25-38H,15,24H2,1-5H3. The van der Waals surface area contributed by atoms with Crippen LogP contribution < -0.4 is 20.4 Å². The number of hydrogen-bond acceptors (Lipinski definition) is 3. The number of furan rings is 1. The van der Waals surface area contributed by atoms with Crippen molar-refractivity contribution in [3.63, 3.8) is 0 Å². The van der Waals surface area contributed by atoms with E-state index in [0.717, 1.165) is 46.6 Å². The number of hydrogen-bond donors (Lipinski definition) is 0. The summed E-state index contributed by atoms with van der Waals surface area (Å²) in [5.41, 5.74) is 23.0. The van der Waals surface area contributed by atoms with Crippen LogP contribution in [-0.2, 0) is 10.8 Å². The Morgan fingerprint density at radius 1 is 0.453 bits per heavy atom. The van der Waals surface area contributed by atoms with E-state index in [1.54, 1.807) is 0 Å². The summed E-state index contributed by atoms with van der Waals surface area (Å²) in [5, 5.41) is 2.39. The van der Waals surface area contributed by atoms with Gasteiger partial charge in [-0.05, 0) is 129 Å². The Kier molecular flexibility index (Phi) is 8.59. The lowest BCUT2D eigenvalue weighted by atomic mass is 9.82. The second-order valence-electron chi connectivity index (χ2n) is 18.9. The Balaban J connectivity index is 0.966. The summed E-state index contributed by atoms with van der Waals surface area (Å²) >= 11 is 0. The van der Waals surface area contributed by atoms with Gasteiger partial charge in [0.1, 0.15) is 5.58 Å². The van der Waals surface area contributed by atoms with E-state index < -0.39 is 0 Å². The monoisotopic (exact) mass is 826 g/mol. The molecule has 3 heteroatoms. The van der Waals surface area contributed by atoms with Crippen LogP contribution in [0, 0.1) is 0 Å². The molecule has 0 spiro atoms. The summed E-state index contributed by atoms with van der Waals surface area (Å²) in [5.74, 6) is 0. The Morgan fingerprint density at radius 2 is 1.00 bits per heavy atom. The van der Waals surface area contributed by atoms with Crippen LogP contribution in [-0.4, -0.2) is 7.05 Å². The first-order valence-corrected chi connectivity index (χ1v) is 22.7. The molecular weight excluding hydrogens is 777 g/mol. The van der Waals surface area contributed by atoms with Crippen molar-refractivity contribution in [1.29, 1.82) is 0 Å². The smallest absolute Gasteiger partial charge is 0.154 e. The molecule has 3 aliphatic rings. The fourth-order valence-electron chi connectivity index (χ4n) is 11.2.